The molecule has 1 heterocycles. The van der Waals surface area contributed by atoms with Crippen LogP contribution in [0.4, 0.5) is 23.1 Å². The Kier molecular flexibility index (Phi) is 4.65. The SMILES string of the molecule is CN(c1ccccc1)c1ccnc(Nc2ccc(Cl)cc2Cl)n1. The lowest BCUT2D eigenvalue weighted by Crippen LogP contribution is -2.12. The number of benzene rings is 2. The molecule has 0 amide bonds. The van der Waals surface area contributed by atoms with Crippen LogP contribution in [0.2, 0.25) is 10.0 Å². The highest BCUT2D eigenvalue weighted by atomic mass is 35.5. The smallest absolute Gasteiger partial charge is 0.229 e. The van der Waals surface area contributed by atoms with Crippen molar-refractivity contribution in [3.8, 4) is 0 Å². The zero-order chi connectivity index (χ0) is 16.2. The van der Waals surface area contributed by atoms with Gasteiger partial charge in [-0.1, -0.05) is 41.4 Å². The molecule has 116 valence electrons. The molecule has 0 spiro atoms. The molecule has 3 rings (SSSR count). The van der Waals surface area contributed by atoms with E-state index >= 15 is 0 Å². The molecule has 0 aliphatic rings. The van der Waals surface area contributed by atoms with Crippen molar-refractivity contribution in [3.05, 3.63) is 70.8 Å². The number of para-hydroxylation sites is 1. The molecule has 0 unspecified atom stereocenters. The average molecular weight is 345 g/mol. The van der Waals surface area contributed by atoms with Gasteiger partial charge in [0.2, 0.25) is 5.95 Å². The van der Waals surface area contributed by atoms with E-state index in [-0.39, 0.29) is 0 Å². The molecule has 0 saturated carbocycles. The highest BCUT2D eigenvalue weighted by Crippen LogP contribution is 2.28. The van der Waals surface area contributed by atoms with E-state index in [1.54, 1.807) is 24.4 Å². The highest BCUT2D eigenvalue weighted by molar-refractivity contribution is 6.36. The molecule has 0 atom stereocenters. The largest absolute Gasteiger partial charge is 0.329 e. The van der Waals surface area contributed by atoms with Gasteiger partial charge in [0.25, 0.3) is 0 Å². The molecular formula is C17H14Cl2N4. The number of aromatic nitrogens is 2. The van der Waals surface area contributed by atoms with Crippen LogP contribution in [0.15, 0.2) is 60.8 Å². The Morgan fingerprint density at radius 2 is 1.78 bits per heavy atom. The maximum absolute atomic E-state index is 6.16. The predicted octanol–water partition coefficient (Wildman–Crippen LogP) is 5.29. The monoisotopic (exact) mass is 344 g/mol. The molecule has 23 heavy (non-hydrogen) atoms. The van der Waals surface area contributed by atoms with Crippen molar-refractivity contribution in [3.63, 3.8) is 0 Å². The van der Waals surface area contributed by atoms with Crippen LogP contribution >= 0.6 is 23.2 Å². The van der Waals surface area contributed by atoms with Crippen LogP contribution in [-0.2, 0) is 0 Å². The lowest BCUT2D eigenvalue weighted by molar-refractivity contribution is 1.08. The Labute approximate surface area is 144 Å². The van der Waals surface area contributed by atoms with E-state index in [0.717, 1.165) is 11.5 Å². The second-order valence-corrected chi connectivity index (χ2v) is 5.73. The van der Waals surface area contributed by atoms with Gasteiger partial charge in [-0.3, -0.25) is 0 Å². The summed E-state index contributed by atoms with van der Waals surface area (Å²) in [5, 5.41) is 4.21. The summed E-state index contributed by atoms with van der Waals surface area (Å²) in [6.07, 6.45) is 1.70. The van der Waals surface area contributed by atoms with E-state index in [0.29, 0.717) is 21.7 Å². The molecule has 3 aromatic rings. The Balaban J connectivity index is 1.85. The van der Waals surface area contributed by atoms with E-state index in [4.69, 9.17) is 23.2 Å². The number of halogens is 2. The molecule has 0 saturated heterocycles. The van der Waals surface area contributed by atoms with Gasteiger partial charge < -0.3 is 10.2 Å². The van der Waals surface area contributed by atoms with Gasteiger partial charge in [-0.25, -0.2) is 4.98 Å². The van der Waals surface area contributed by atoms with Crippen LogP contribution in [0.3, 0.4) is 0 Å². The van der Waals surface area contributed by atoms with Gasteiger partial charge >= 0.3 is 0 Å². The number of anilines is 4. The van der Waals surface area contributed by atoms with E-state index in [2.05, 4.69) is 15.3 Å². The van der Waals surface area contributed by atoms with Gasteiger partial charge in [0.1, 0.15) is 5.82 Å². The van der Waals surface area contributed by atoms with Crippen molar-refractivity contribution >= 4 is 46.3 Å². The third-order valence-corrected chi connectivity index (χ3v) is 3.85. The first-order chi connectivity index (χ1) is 11.1. The topological polar surface area (TPSA) is 41.1 Å². The molecule has 0 aliphatic heterocycles. The van der Waals surface area contributed by atoms with Crippen LogP contribution in [-0.4, -0.2) is 17.0 Å². The lowest BCUT2D eigenvalue weighted by atomic mass is 10.3. The van der Waals surface area contributed by atoms with Crippen molar-refractivity contribution in [2.45, 2.75) is 0 Å². The zero-order valence-electron chi connectivity index (χ0n) is 12.4. The molecule has 0 fully saturated rings. The number of hydrogen-bond donors (Lipinski definition) is 1. The normalized spacial score (nSPS) is 10.4. The van der Waals surface area contributed by atoms with Crippen LogP contribution < -0.4 is 10.2 Å². The summed E-state index contributed by atoms with van der Waals surface area (Å²) in [6, 6.07) is 17.1. The molecule has 4 nitrogen and oxygen atoms in total. The summed E-state index contributed by atoms with van der Waals surface area (Å²) in [4.78, 5) is 10.7. The number of rotatable bonds is 4. The van der Waals surface area contributed by atoms with Gasteiger partial charge in [0, 0.05) is 24.0 Å². The number of nitrogens with one attached hydrogen (secondary N) is 1. The molecular weight excluding hydrogens is 331 g/mol. The molecule has 0 aliphatic carbocycles. The minimum absolute atomic E-state index is 0.467. The van der Waals surface area contributed by atoms with Crippen molar-refractivity contribution in [2.24, 2.45) is 0 Å². The van der Waals surface area contributed by atoms with E-state index in [1.165, 1.54) is 0 Å². The Morgan fingerprint density at radius 3 is 2.52 bits per heavy atom. The van der Waals surface area contributed by atoms with Gasteiger partial charge in [-0.2, -0.15) is 4.98 Å². The van der Waals surface area contributed by atoms with Crippen LogP contribution in [0.25, 0.3) is 0 Å². The Hall–Kier alpha value is -2.30. The summed E-state index contributed by atoms with van der Waals surface area (Å²) < 4.78 is 0. The average Bonchev–Trinajstić information content (AvgIpc) is 2.58. The fourth-order valence-electron chi connectivity index (χ4n) is 2.09. The van der Waals surface area contributed by atoms with Gasteiger partial charge in [0.15, 0.2) is 0 Å². The summed E-state index contributed by atoms with van der Waals surface area (Å²) in [6.45, 7) is 0. The molecule has 1 N–H and O–H groups in total. The second kappa shape index (κ2) is 6.86. The maximum atomic E-state index is 6.16. The summed E-state index contributed by atoms with van der Waals surface area (Å²) in [5.41, 5.74) is 1.75. The Bertz CT molecular complexity index is 809. The summed E-state index contributed by atoms with van der Waals surface area (Å²) in [5.74, 6) is 1.24. The van der Waals surface area contributed by atoms with Crippen LogP contribution in [0, 0.1) is 0 Å². The minimum atomic E-state index is 0.467. The number of hydrogen-bond acceptors (Lipinski definition) is 4. The minimum Gasteiger partial charge on any atom is -0.329 e. The van der Waals surface area contributed by atoms with Crippen molar-refractivity contribution < 1.29 is 0 Å². The third kappa shape index (κ3) is 3.73. The van der Waals surface area contributed by atoms with E-state index < -0.39 is 0 Å². The van der Waals surface area contributed by atoms with Crippen LogP contribution in [0.1, 0.15) is 0 Å². The molecule has 1 aromatic heterocycles. The maximum Gasteiger partial charge on any atom is 0.229 e. The lowest BCUT2D eigenvalue weighted by Gasteiger charge is -2.18. The molecule has 0 radical (unpaired) electrons. The van der Waals surface area contributed by atoms with Crippen molar-refractivity contribution in [1.82, 2.24) is 9.97 Å². The summed E-state index contributed by atoms with van der Waals surface area (Å²) >= 11 is 12.1. The first kappa shape index (κ1) is 15.6. The first-order valence-electron chi connectivity index (χ1n) is 6.97. The molecule has 0 bridgehead atoms. The fraction of sp³-hybridized carbons (Fsp3) is 0.0588. The fourth-order valence-corrected chi connectivity index (χ4v) is 2.55. The molecule has 6 heteroatoms. The standard InChI is InChI=1S/C17H14Cl2N4/c1-23(13-5-3-2-4-6-13)16-9-10-20-17(22-16)21-15-8-7-12(18)11-14(15)19/h2-11H,1H3,(H,20,21,22). The van der Waals surface area contributed by atoms with Crippen molar-refractivity contribution in [2.75, 3.05) is 17.3 Å². The quantitative estimate of drug-likeness (QED) is 0.697. The zero-order valence-corrected chi connectivity index (χ0v) is 13.9. The van der Waals surface area contributed by atoms with Gasteiger partial charge in [-0.05, 0) is 36.4 Å². The molecule has 2 aromatic carbocycles. The third-order valence-electron chi connectivity index (χ3n) is 3.31. The van der Waals surface area contributed by atoms with E-state index in [1.807, 2.05) is 48.3 Å². The first-order valence-corrected chi connectivity index (χ1v) is 7.73. The van der Waals surface area contributed by atoms with E-state index in [9.17, 15) is 0 Å². The Morgan fingerprint density at radius 1 is 1.00 bits per heavy atom. The highest BCUT2D eigenvalue weighted by Gasteiger charge is 2.08. The van der Waals surface area contributed by atoms with Gasteiger partial charge in [0.05, 0.1) is 10.7 Å². The summed E-state index contributed by atoms with van der Waals surface area (Å²) in [7, 11) is 1.96. The van der Waals surface area contributed by atoms with Gasteiger partial charge in [-0.15, -0.1) is 0 Å². The van der Waals surface area contributed by atoms with Crippen LogP contribution in [0.5, 0.6) is 0 Å². The van der Waals surface area contributed by atoms with Crippen molar-refractivity contribution in [1.29, 1.82) is 0 Å². The number of nitrogens with zero attached hydrogens (tertiary/aromatic N) is 3. The second-order valence-electron chi connectivity index (χ2n) is 4.88. The predicted molar refractivity (Wildman–Crippen MR) is 96.3 cm³/mol.